The average molecular weight is 304 g/mol. The van der Waals surface area contributed by atoms with Crippen LogP contribution in [0.1, 0.15) is 12.8 Å². The van der Waals surface area contributed by atoms with Crippen molar-refractivity contribution in [1.29, 1.82) is 0 Å². The molecule has 3 rings (SSSR count). The van der Waals surface area contributed by atoms with E-state index in [-0.39, 0.29) is 17.7 Å². The highest BCUT2D eigenvalue weighted by Gasteiger charge is 2.24. The topological polar surface area (TPSA) is 71.1 Å². The number of piperidine rings is 1. The van der Waals surface area contributed by atoms with Crippen molar-refractivity contribution in [3.05, 3.63) is 35.5 Å². The standard InChI is InChI=1S/C15H14ClN3O2/c16-11-4-5-12(14-10(11)2-1-7-17-14)19-15(21)9-3-6-13(20)18-8-9/h1-2,4-5,7,9H,3,6,8H2,(H,18,20)(H,19,21). The van der Waals surface area contributed by atoms with Gasteiger partial charge >= 0.3 is 0 Å². The molecule has 1 saturated heterocycles. The number of fused-ring (bicyclic) bond motifs is 1. The summed E-state index contributed by atoms with van der Waals surface area (Å²) in [6.45, 7) is 0.379. The summed E-state index contributed by atoms with van der Waals surface area (Å²) in [6.07, 6.45) is 2.61. The first kappa shape index (κ1) is 13.8. The van der Waals surface area contributed by atoms with E-state index in [4.69, 9.17) is 11.6 Å². The van der Waals surface area contributed by atoms with Crippen LogP contribution in [0.4, 0.5) is 5.69 Å². The lowest BCUT2D eigenvalue weighted by Crippen LogP contribution is -2.40. The van der Waals surface area contributed by atoms with Gasteiger partial charge in [-0.25, -0.2) is 0 Å². The lowest BCUT2D eigenvalue weighted by atomic mass is 9.98. The molecule has 6 heteroatoms. The Balaban J connectivity index is 1.83. The van der Waals surface area contributed by atoms with Crippen LogP contribution in [0.5, 0.6) is 0 Å². The summed E-state index contributed by atoms with van der Waals surface area (Å²) in [5.41, 5.74) is 1.30. The van der Waals surface area contributed by atoms with Crippen molar-refractivity contribution in [1.82, 2.24) is 10.3 Å². The van der Waals surface area contributed by atoms with Crippen molar-refractivity contribution < 1.29 is 9.59 Å². The number of nitrogens with one attached hydrogen (secondary N) is 2. The first-order valence-corrected chi connectivity index (χ1v) is 7.14. The number of hydrogen-bond acceptors (Lipinski definition) is 3. The summed E-state index contributed by atoms with van der Waals surface area (Å²) in [5, 5.41) is 6.99. The minimum absolute atomic E-state index is 0.00217. The van der Waals surface area contributed by atoms with Gasteiger partial charge in [0.25, 0.3) is 0 Å². The van der Waals surface area contributed by atoms with Crippen molar-refractivity contribution in [3.8, 4) is 0 Å². The number of pyridine rings is 1. The molecule has 2 heterocycles. The second-order valence-electron chi connectivity index (χ2n) is 5.02. The highest BCUT2D eigenvalue weighted by molar-refractivity contribution is 6.35. The number of anilines is 1. The Morgan fingerprint density at radius 1 is 1.38 bits per heavy atom. The Labute approximate surface area is 126 Å². The van der Waals surface area contributed by atoms with E-state index in [1.165, 1.54) is 0 Å². The van der Waals surface area contributed by atoms with Crippen LogP contribution in [0.3, 0.4) is 0 Å². The lowest BCUT2D eigenvalue weighted by molar-refractivity contribution is -0.126. The first-order valence-electron chi connectivity index (χ1n) is 6.76. The van der Waals surface area contributed by atoms with Gasteiger partial charge in [0, 0.05) is 24.5 Å². The minimum atomic E-state index is -0.211. The van der Waals surface area contributed by atoms with Gasteiger partial charge in [-0.1, -0.05) is 11.6 Å². The Morgan fingerprint density at radius 2 is 2.24 bits per heavy atom. The zero-order valence-electron chi connectivity index (χ0n) is 11.2. The fourth-order valence-corrected chi connectivity index (χ4v) is 2.65. The molecule has 2 aromatic rings. The van der Waals surface area contributed by atoms with Crippen LogP contribution in [0.2, 0.25) is 5.02 Å². The Bertz CT molecular complexity index is 707. The number of nitrogens with zero attached hydrogens (tertiary/aromatic N) is 1. The molecule has 108 valence electrons. The lowest BCUT2D eigenvalue weighted by Gasteiger charge is -2.21. The highest BCUT2D eigenvalue weighted by Crippen LogP contribution is 2.28. The Hall–Kier alpha value is -2.14. The molecule has 1 aromatic carbocycles. The van der Waals surface area contributed by atoms with Gasteiger partial charge in [0.15, 0.2) is 0 Å². The van der Waals surface area contributed by atoms with Gasteiger partial charge in [-0.05, 0) is 30.7 Å². The normalized spacial score (nSPS) is 18.3. The molecular weight excluding hydrogens is 290 g/mol. The van der Waals surface area contributed by atoms with Crippen LogP contribution in [0.25, 0.3) is 10.9 Å². The smallest absolute Gasteiger partial charge is 0.229 e. The van der Waals surface area contributed by atoms with E-state index in [1.54, 1.807) is 24.4 Å². The molecule has 1 aromatic heterocycles. The highest BCUT2D eigenvalue weighted by atomic mass is 35.5. The summed E-state index contributed by atoms with van der Waals surface area (Å²) in [6, 6.07) is 7.15. The van der Waals surface area contributed by atoms with E-state index in [9.17, 15) is 9.59 Å². The maximum Gasteiger partial charge on any atom is 0.229 e. The van der Waals surface area contributed by atoms with Gasteiger partial charge in [-0.3, -0.25) is 14.6 Å². The fourth-order valence-electron chi connectivity index (χ4n) is 2.43. The average Bonchev–Trinajstić information content (AvgIpc) is 2.51. The summed E-state index contributed by atoms with van der Waals surface area (Å²) >= 11 is 6.13. The molecule has 1 unspecified atom stereocenters. The van der Waals surface area contributed by atoms with Gasteiger partial charge in [0.1, 0.15) is 0 Å². The van der Waals surface area contributed by atoms with Gasteiger partial charge in [0.2, 0.25) is 11.8 Å². The minimum Gasteiger partial charge on any atom is -0.355 e. The third kappa shape index (κ3) is 2.83. The van der Waals surface area contributed by atoms with Crippen molar-refractivity contribution in [3.63, 3.8) is 0 Å². The zero-order valence-corrected chi connectivity index (χ0v) is 12.0. The molecular formula is C15H14ClN3O2. The van der Waals surface area contributed by atoms with Crippen molar-refractivity contribution in [2.75, 3.05) is 11.9 Å². The predicted octanol–water partition coefficient (Wildman–Crippen LogP) is 2.35. The Morgan fingerprint density at radius 3 is 3.00 bits per heavy atom. The molecule has 1 aliphatic heterocycles. The Kier molecular flexibility index (Phi) is 3.75. The summed E-state index contributed by atoms with van der Waals surface area (Å²) in [5.74, 6) is -0.320. The van der Waals surface area contributed by atoms with Crippen LogP contribution < -0.4 is 10.6 Å². The van der Waals surface area contributed by atoms with Crippen molar-refractivity contribution in [2.45, 2.75) is 12.8 Å². The van der Waals surface area contributed by atoms with Crippen LogP contribution >= 0.6 is 11.6 Å². The summed E-state index contributed by atoms with van der Waals surface area (Å²) in [4.78, 5) is 27.7. The number of carbonyl (C=O) groups excluding carboxylic acids is 2. The fraction of sp³-hybridized carbons (Fsp3) is 0.267. The number of rotatable bonds is 2. The van der Waals surface area contributed by atoms with Crippen LogP contribution in [-0.2, 0) is 9.59 Å². The molecule has 0 radical (unpaired) electrons. The van der Waals surface area contributed by atoms with E-state index in [2.05, 4.69) is 15.6 Å². The molecule has 2 amide bonds. The summed E-state index contributed by atoms with van der Waals surface area (Å²) in [7, 11) is 0. The number of benzene rings is 1. The number of hydrogen-bond donors (Lipinski definition) is 2. The van der Waals surface area contributed by atoms with Crippen LogP contribution in [0, 0.1) is 5.92 Å². The van der Waals surface area contributed by atoms with E-state index in [1.807, 2.05) is 6.07 Å². The molecule has 0 saturated carbocycles. The molecule has 0 bridgehead atoms. The van der Waals surface area contributed by atoms with E-state index < -0.39 is 0 Å². The maximum absolute atomic E-state index is 12.3. The SMILES string of the molecule is O=C1CCC(C(=O)Nc2ccc(Cl)c3cccnc23)CN1. The van der Waals surface area contributed by atoms with Crippen LogP contribution in [-0.4, -0.2) is 23.3 Å². The van der Waals surface area contributed by atoms with Crippen molar-refractivity contribution >= 4 is 40.0 Å². The molecule has 1 fully saturated rings. The van der Waals surface area contributed by atoms with E-state index in [0.29, 0.717) is 35.6 Å². The summed E-state index contributed by atoms with van der Waals surface area (Å²) < 4.78 is 0. The molecule has 1 atom stereocenters. The molecule has 5 nitrogen and oxygen atoms in total. The van der Waals surface area contributed by atoms with Gasteiger partial charge in [-0.15, -0.1) is 0 Å². The molecule has 1 aliphatic rings. The van der Waals surface area contributed by atoms with E-state index in [0.717, 1.165) is 5.39 Å². The van der Waals surface area contributed by atoms with Crippen molar-refractivity contribution in [2.24, 2.45) is 5.92 Å². The predicted molar refractivity (Wildman–Crippen MR) is 81.1 cm³/mol. The second kappa shape index (κ2) is 5.69. The van der Waals surface area contributed by atoms with E-state index >= 15 is 0 Å². The third-order valence-corrected chi connectivity index (χ3v) is 3.94. The molecule has 0 spiro atoms. The largest absolute Gasteiger partial charge is 0.355 e. The third-order valence-electron chi connectivity index (χ3n) is 3.61. The molecule has 2 N–H and O–H groups in total. The second-order valence-corrected chi connectivity index (χ2v) is 5.43. The molecule has 0 aliphatic carbocycles. The maximum atomic E-state index is 12.3. The quantitative estimate of drug-likeness (QED) is 0.894. The number of amides is 2. The van der Waals surface area contributed by atoms with Gasteiger partial charge in [0.05, 0.1) is 22.1 Å². The number of aromatic nitrogens is 1. The van der Waals surface area contributed by atoms with Gasteiger partial charge < -0.3 is 10.6 Å². The monoisotopic (exact) mass is 303 g/mol. The first-order chi connectivity index (χ1) is 10.1. The van der Waals surface area contributed by atoms with Crippen LogP contribution in [0.15, 0.2) is 30.5 Å². The van der Waals surface area contributed by atoms with Gasteiger partial charge in [-0.2, -0.15) is 0 Å². The number of carbonyl (C=O) groups is 2. The number of halogens is 1. The molecule has 21 heavy (non-hydrogen) atoms. The zero-order chi connectivity index (χ0) is 14.8.